The van der Waals surface area contributed by atoms with Gasteiger partial charge in [0.05, 0.1) is 16.0 Å². The average Bonchev–Trinajstić information content (AvgIpc) is 2.77. The Morgan fingerprint density at radius 3 is 2.23 bits per heavy atom. The van der Waals surface area contributed by atoms with Crippen molar-refractivity contribution < 1.29 is 26.7 Å². The van der Waals surface area contributed by atoms with Gasteiger partial charge in [0.15, 0.2) is 5.60 Å². The molecule has 2 N–H and O–H groups in total. The molecule has 0 aliphatic carbocycles. The van der Waals surface area contributed by atoms with Gasteiger partial charge < -0.3 is 4.74 Å². The molecule has 3 rings (SSSR count). The number of carbonyl (C=O) groups excluding carboxylic acids is 1. The lowest BCUT2D eigenvalue weighted by Gasteiger charge is -2.18. The van der Waals surface area contributed by atoms with Crippen molar-refractivity contribution in [2.75, 3.05) is 0 Å². The fourth-order valence-corrected chi connectivity index (χ4v) is 3.24. The third-order valence-corrected chi connectivity index (χ3v) is 4.93. The van der Waals surface area contributed by atoms with Gasteiger partial charge in [0.25, 0.3) is 0 Å². The topological polar surface area (TPSA) is 86.5 Å². The maximum Gasteiger partial charge on any atom is 0.238 e. The monoisotopic (exact) mass is 379 g/mol. The largest absolute Gasteiger partial charge is 0.478 e. The molecule has 8 heteroatoms. The second-order valence-corrected chi connectivity index (χ2v) is 7.87. The maximum atomic E-state index is 14.6. The van der Waals surface area contributed by atoms with Gasteiger partial charge in [-0.05, 0) is 38.1 Å². The van der Waals surface area contributed by atoms with Crippen LogP contribution in [0.2, 0.25) is 0 Å². The standard InChI is InChI=1S/C18H15F2NO4S/c1-18(2)17(22)15(11-5-3-4-6-13(11)19)16(25-18)12-8-7-10(9-14(12)20)26(21,23)24/h3-9H,1-2H3,(H2,21,23,24). The first-order valence-electron chi connectivity index (χ1n) is 7.58. The van der Waals surface area contributed by atoms with E-state index in [1.807, 2.05) is 0 Å². The summed E-state index contributed by atoms with van der Waals surface area (Å²) < 4.78 is 57.2. The Hall–Kier alpha value is -2.58. The van der Waals surface area contributed by atoms with Crippen LogP contribution in [-0.4, -0.2) is 19.8 Å². The minimum Gasteiger partial charge on any atom is -0.478 e. The van der Waals surface area contributed by atoms with E-state index in [9.17, 15) is 22.0 Å². The normalized spacial score (nSPS) is 16.7. The van der Waals surface area contributed by atoms with E-state index in [1.54, 1.807) is 6.07 Å². The summed E-state index contributed by atoms with van der Waals surface area (Å²) in [5.41, 5.74) is -1.60. The van der Waals surface area contributed by atoms with Crippen molar-refractivity contribution in [1.29, 1.82) is 0 Å². The number of halogens is 2. The molecule has 0 saturated carbocycles. The SMILES string of the molecule is CC1(C)OC(c2ccc(S(N)(=O)=O)cc2F)=C(c2ccccc2F)C1=O. The molecular formula is C18H15F2NO4S. The van der Waals surface area contributed by atoms with E-state index in [0.29, 0.717) is 0 Å². The highest BCUT2D eigenvalue weighted by molar-refractivity contribution is 7.89. The fourth-order valence-electron chi connectivity index (χ4n) is 2.71. The Bertz CT molecular complexity index is 1060. The summed E-state index contributed by atoms with van der Waals surface area (Å²) >= 11 is 0. The first-order valence-corrected chi connectivity index (χ1v) is 9.13. The summed E-state index contributed by atoms with van der Waals surface area (Å²) in [7, 11) is -4.10. The zero-order valence-corrected chi connectivity index (χ0v) is 14.7. The van der Waals surface area contributed by atoms with Crippen LogP contribution in [-0.2, 0) is 19.6 Å². The Morgan fingerprint density at radius 2 is 1.65 bits per heavy atom. The zero-order valence-electron chi connectivity index (χ0n) is 13.9. The molecule has 0 atom stereocenters. The molecule has 0 amide bonds. The van der Waals surface area contributed by atoms with E-state index < -0.39 is 37.9 Å². The van der Waals surface area contributed by atoms with Gasteiger partial charge in [0.1, 0.15) is 17.4 Å². The molecule has 1 aliphatic heterocycles. The van der Waals surface area contributed by atoms with Crippen LogP contribution in [0.15, 0.2) is 47.4 Å². The van der Waals surface area contributed by atoms with Crippen molar-refractivity contribution in [1.82, 2.24) is 0 Å². The number of ketones is 1. The molecule has 2 aromatic rings. The smallest absolute Gasteiger partial charge is 0.238 e. The quantitative estimate of drug-likeness (QED) is 0.888. The van der Waals surface area contributed by atoms with E-state index in [0.717, 1.165) is 18.2 Å². The molecule has 0 fully saturated rings. The Kier molecular flexibility index (Phi) is 4.20. The highest BCUT2D eigenvalue weighted by Gasteiger charge is 2.44. The third kappa shape index (κ3) is 3.02. The molecule has 0 radical (unpaired) electrons. The molecule has 0 spiro atoms. The van der Waals surface area contributed by atoms with Crippen LogP contribution in [0.25, 0.3) is 11.3 Å². The molecule has 2 aromatic carbocycles. The number of carbonyl (C=O) groups is 1. The van der Waals surface area contributed by atoms with Crippen molar-refractivity contribution in [3.8, 4) is 0 Å². The first kappa shape index (κ1) is 18.2. The van der Waals surface area contributed by atoms with Gasteiger partial charge in [-0.2, -0.15) is 0 Å². The Balaban J connectivity index is 2.26. The average molecular weight is 379 g/mol. The van der Waals surface area contributed by atoms with Gasteiger partial charge in [-0.15, -0.1) is 0 Å². The molecule has 0 saturated heterocycles. The molecular weight excluding hydrogens is 364 g/mol. The maximum absolute atomic E-state index is 14.6. The van der Waals surface area contributed by atoms with Crippen LogP contribution in [0.5, 0.6) is 0 Å². The van der Waals surface area contributed by atoms with Gasteiger partial charge in [-0.1, -0.05) is 18.2 Å². The zero-order chi connectivity index (χ0) is 19.3. The predicted octanol–water partition coefficient (Wildman–Crippen LogP) is 2.86. The van der Waals surface area contributed by atoms with Gasteiger partial charge in [-0.25, -0.2) is 22.3 Å². The molecule has 0 bridgehead atoms. The van der Waals surface area contributed by atoms with Crippen molar-refractivity contribution in [3.63, 3.8) is 0 Å². The molecule has 0 unspecified atom stereocenters. The van der Waals surface area contributed by atoms with Crippen LogP contribution in [0.4, 0.5) is 8.78 Å². The van der Waals surface area contributed by atoms with Crippen LogP contribution in [0.1, 0.15) is 25.0 Å². The highest BCUT2D eigenvalue weighted by Crippen LogP contribution is 2.42. The van der Waals surface area contributed by atoms with Gasteiger partial charge in [0, 0.05) is 5.56 Å². The number of benzene rings is 2. The lowest BCUT2D eigenvalue weighted by atomic mass is 9.92. The molecule has 5 nitrogen and oxygen atoms in total. The van der Waals surface area contributed by atoms with Crippen LogP contribution >= 0.6 is 0 Å². The minimum atomic E-state index is -4.10. The van der Waals surface area contributed by atoms with E-state index in [-0.39, 0.29) is 22.5 Å². The molecule has 136 valence electrons. The number of primary sulfonamides is 1. The van der Waals surface area contributed by atoms with Crippen LogP contribution in [0.3, 0.4) is 0 Å². The van der Waals surface area contributed by atoms with E-state index in [1.165, 1.54) is 32.0 Å². The number of hydrogen-bond donors (Lipinski definition) is 1. The molecule has 0 aromatic heterocycles. The predicted molar refractivity (Wildman–Crippen MR) is 91.2 cm³/mol. The van der Waals surface area contributed by atoms with E-state index >= 15 is 0 Å². The lowest BCUT2D eigenvalue weighted by molar-refractivity contribution is -0.125. The number of sulfonamides is 1. The number of nitrogens with two attached hydrogens (primary N) is 1. The van der Waals surface area contributed by atoms with Crippen LogP contribution < -0.4 is 5.14 Å². The van der Waals surface area contributed by atoms with Gasteiger partial charge >= 0.3 is 0 Å². The summed E-state index contributed by atoms with van der Waals surface area (Å²) in [6.07, 6.45) is 0. The summed E-state index contributed by atoms with van der Waals surface area (Å²) in [6, 6.07) is 8.55. The molecule has 1 aliphatic rings. The number of Topliss-reactive ketones (excluding diaryl/α,β-unsaturated/α-hetero) is 1. The second kappa shape index (κ2) is 6.00. The van der Waals surface area contributed by atoms with Crippen molar-refractivity contribution >= 4 is 27.1 Å². The van der Waals surface area contributed by atoms with Gasteiger partial charge in [-0.3, -0.25) is 4.79 Å². The Morgan fingerprint density at radius 1 is 1.00 bits per heavy atom. The second-order valence-electron chi connectivity index (χ2n) is 6.31. The summed E-state index contributed by atoms with van der Waals surface area (Å²) in [5.74, 6) is -2.27. The summed E-state index contributed by atoms with van der Waals surface area (Å²) in [5, 5.41) is 4.99. The minimum absolute atomic E-state index is 0.0204. The summed E-state index contributed by atoms with van der Waals surface area (Å²) in [4.78, 5) is 12.3. The number of ether oxygens (including phenoxy) is 1. The fraction of sp³-hybridized carbons (Fsp3) is 0.167. The Labute approximate surface area is 149 Å². The van der Waals surface area contributed by atoms with Gasteiger partial charge in [0.2, 0.25) is 15.8 Å². The van der Waals surface area contributed by atoms with Crippen LogP contribution in [0, 0.1) is 11.6 Å². The highest BCUT2D eigenvalue weighted by atomic mass is 32.2. The number of hydrogen-bond acceptors (Lipinski definition) is 4. The first-order chi connectivity index (χ1) is 12.0. The third-order valence-electron chi connectivity index (χ3n) is 4.02. The van der Waals surface area contributed by atoms with Crippen molar-refractivity contribution in [3.05, 3.63) is 65.2 Å². The van der Waals surface area contributed by atoms with E-state index in [4.69, 9.17) is 9.88 Å². The van der Waals surface area contributed by atoms with E-state index in [2.05, 4.69) is 0 Å². The molecule has 26 heavy (non-hydrogen) atoms. The molecule has 1 heterocycles. The lowest BCUT2D eigenvalue weighted by Crippen LogP contribution is -2.29. The summed E-state index contributed by atoms with van der Waals surface area (Å²) in [6.45, 7) is 2.97. The van der Waals surface area contributed by atoms with Crippen molar-refractivity contribution in [2.45, 2.75) is 24.3 Å². The van der Waals surface area contributed by atoms with Crippen molar-refractivity contribution in [2.24, 2.45) is 5.14 Å². The number of rotatable bonds is 3.